The molecule has 0 amide bonds. The fourth-order valence-electron chi connectivity index (χ4n) is 3.34. The molecular formula is C19H25NO. The number of fused-ring (bicyclic) bond motifs is 1. The standard InChI is InChI=1S/C19H25NO/c1-13(2)15-6-8-17(9-7-15)21-18-10-11-19-16(12-18)5-4-14(3)20-19/h4-5,10-13,15,17H,6-9H2,1-3H3/t15-,17+. The molecule has 0 atom stereocenters. The molecule has 1 fully saturated rings. The van der Waals surface area contributed by atoms with Gasteiger partial charge in [0.15, 0.2) is 0 Å². The first kappa shape index (κ1) is 14.4. The summed E-state index contributed by atoms with van der Waals surface area (Å²) in [4.78, 5) is 4.54. The topological polar surface area (TPSA) is 22.1 Å². The van der Waals surface area contributed by atoms with Crippen molar-refractivity contribution < 1.29 is 4.74 Å². The van der Waals surface area contributed by atoms with E-state index < -0.39 is 0 Å². The molecule has 1 heterocycles. The van der Waals surface area contributed by atoms with Gasteiger partial charge in [0, 0.05) is 11.1 Å². The zero-order chi connectivity index (χ0) is 14.8. The van der Waals surface area contributed by atoms with Crippen LogP contribution in [0.15, 0.2) is 30.3 Å². The summed E-state index contributed by atoms with van der Waals surface area (Å²) in [6, 6.07) is 10.4. The summed E-state index contributed by atoms with van der Waals surface area (Å²) in [6.07, 6.45) is 5.36. The van der Waals surface area contributed by atoms with Gasteiger partial charge in [-0.25, -0.2) is 0 Å². The van der Waals surface area contributed by atoms with E-state index >= 15 is 0 Å². The highest BCUT2D eigenvalue weighted by molar-refractivity contribution is 5.80. The minimum atomic E-state index is 0.385. The predicted octanol–water partition coefficient (Wildman–Crippen LogP) is 5.14. The summed E-state index contributed by atoms with van der Waals surface area (Å²) in [5, 5.41) is 1.16. The number of aryl methyl sites for hydroxylation is 1. The lowest BCUT2D eigenvalue weighted by Crippen LogP contribution is -2.26. The van der Waals surface area contributed by atoms with Crippen molar-refractivity contribution in [2.24, 2.45) is 11.8 Å². The molecule has 1 aliphatic carbocycles. The average molecular weight is 283 g/mol. The molecule has 1 aromatic carbocycles. The highest BCUT2D eigenvalue weighted by Crippen LogP contribution is 2.32. The number of benzene rings is 1. The van der Waals surface area contributed by atoms with Crippen molar-refractivity contribution in [3.8, 4) is 5.75 Å². The number of rotatable bonds is 3. The second-order valence-electron chi connectivity index (χ2n) is 6.71. The van der Waals surface area contributed by atoms with Gasteiger partial charge in [-0.05, 0) is 68.7 Å². The second-order valence-corrected chi connectivity index (χ2v) is 6.71. The first-order valence-electron chi connectivity index (χ1n) is 8.16. The highest BCUT2D eigenvalue weighted by Gasteiger charge is 2.24. The Morgan fingerprint density at radius 3 is 2.52 bits per heavy atom. The van der Waals surface area contributed by atoms with Crippen LogP contribution in [0.1, 0.15) is 45.2 Å². The third-order valence-electron chi connectivity index (χ3n) is 4.76. The van der Waals surface area contributed by atoms with Crippen molar-refractivity contribution in [1.29, 1.82) is 0 Å². The summed E-state index contributed by atoms with van der Waals surface area (Å²) in [5.41, 5.74) is 2.11. The number of nitrogens with zero attached hydrogens (tertiary/aromatic N) is 1. The van der Waals surface area contributed by atoms with Crippen LogP contribution in [-0.2, 0) is 0 Å². The number of ether oxygens (including phenoxy) is 1. The Balaban J connectivity index is 1.67. The minimum absolute atomic E-state index is 0.385. The van der Waals surface area contributed by atoms with Crippen LogP contribution in [0.5, 0.6) is 5.75 Å². The Morgan fingerprint density at radius 2 is 1.81 bits per heavy atom. The first-order valence-corrected chi connectivity index (χ1v) is 8.16. The smallest absolute Gasteiger partial charge is 0.120 e. The minimum Gasteiger partial charge on any atom is -0.490 e. The first-order chi connectivity index (χ1) is 10.1. The van der Waals surface area contributed by atoms with Gasteiger partial charge in [-0.15, -0.1) is 0 Å². The fourth-order valence-corrected chi connectivity index (χ4v) is 3.34. The molecule has 112 valence electrons. The molecule has 1 aliphatic rings. The normalized spacial score (nSPS) is 22.7. The summed E-state index contributed by atoms with van der Waals surface area (Å²) in [5.74, 6) is 2.68. The van der Waals surface area contributed by atoms with Crippen molar-refractivity contribution in [2.45, 2.75) is 52.6 Å². The Hall–Kier alpha value is -1.57. The SMILES string of the molecule is Cc1ccc2cc(O[C@H]3CC[C@@H](C(C)C)CC3)ccc2n1. The molecule has 0 N–H and O–H groups in total. The molecule has 0 unspecified atom stereocenters. The van der Waals surface area contributed by atoms with E-state index in [1.54, 1.807) is 0 Å². The largest absolute Gasteiger partial charge is 0.490 e. The molecule has 0 radical (unpaired) electrons. The van der Waals surface area contributed by atoms with Crippen molar-refractivity contribution >= 4 is 10.9 Å². The van der Waals surface area contributed by atoms with E-state index in [4.69, 9.17) is 4.74 Å². The average Bonchev–Trinajstić information content (AvgIpc) is 2.48. The Kier molecular flexibility index (Phi) is 4.14. The van der Waals surface area contributed by atoms with Crippen LogP contribution in [0.4, 0.5) is 0 Å². The van der Waals surface area contributed by atoms with Crippen LogP contribution in [0.3, 0.4) is 0 Å². The van der Waals surface area contributed by atoms with Gasteiger partial charge < -0.3 is 4.74 Å². The molecule has 0 spiro atoms. The van der Waals surface area contributed by atoms with Crippen molar-refractivity contribution in [3.63, 3.8) is 0 Å². The monoisotopic (exact) mass is 283 g/mol. The summed E-state index contributed by atoms with van der Waals surface area (Å²) in [6.45, 7) is 6.70. The van der Waals surface area contributed by atoms with Crippen molar-refractivity contribution in [3.05, 3.63) is 36.0 Å². The number of aromatic nitrogens is 1. The molecule has 3 rings (SSSR count). The van der Waals surface area contributed by atoms with Gasteiger partial charge in [-0.3, -0.25) is 4.98 Å². The van der Waals surface area contributed by atoms with Crippen LogP contribution in [0, 0.1) is 18.8 Å². The number of hydrogen-bond donors (Lipinski definition) is 0. The summed E-state index contributed by atoms with van der Waals surface area (Å²) >= 11 is 0. The van der Waals surface area contributed by atoms with Gasteiger partial charge in [0.05, 0.1) is 11.6 Å². The molecule has 0 saturated heterocycles. The second kappa shape index (κ2) is 6.05. The van der Waals surface area contributed by atoms with Crippen molar-refractivity contribution in [2.75, 3.05) is 0 Å². The molecule has 2 nitrogen and oxygen atoms in total. The van der Waals surface area contributed by atoms with Gasteiger partial charge in [-0.1, -0.05) is 19.9 Å². The van der Waals surface area contributed by atoms with Gasteiger partial charge in [0.2, 0.25) is 0 Å². The van der Waals surface area contributed by atoms with Gasteiger partial charge in [-0.2, -0.15) is 0 Å². The van der Waals surface area contributed by atoms with Crippen LogP contribution >= 0.6 is 0 Å². The van der Waals surface area contributed by atoms with Gasteiger partial charge >= 0.3 is 0 Å². The molecule has 1 saturated carbocycles. The quantitative estimate of drug-likeness (QED) is 0.778. The Labute approximate surface area is 127 Å². The van der Waals surface area contributed by atoms with Crippen LogP contribution in [0.25, 0.3) is 10.9 Å². The van der Waals surface area contributed by atoms with Crippen LogP contribution in [0.2, 0.25) is 0 Å². The maximum atomic E-state index is 6.19. The third-order valence-corrected chi connectivity index (χ3v) is 4.76. The summed E-state index contributed by atoms with van der Waals surface area (Å²) in [7, 11) is 0. The van der Waals surface area contributed by atoms with E-state index in [0.717, 1.165) is 34.2 Å². The summed E-state index contributed by atoms with van der Waals surface area (Å²) < 4.78 is 6.19. The van der Waals surface area contributed by atoms with Crippen LogP contribution in [-0.4, -0.2) is 11.1 Å². The molecule has 0 aliphatic heterocycles. The van der Waals surface area contributed by atoms with Crippen LogP contribution < -0.4 is 4.74 Å². The predicted molar refractivity (Wildman–Crippen MR) is 87.7 cm³/mol. The van der Waals surface area contributed by atoms with Crippen molar-refractivity contribution in [1.82, 2.24) is 4.98 Å². The van der Waals surface area contributed by atoms with E-state index in [0.29, 0.717) is 6.10 Å². The fraction of sp³-hybridized carbons (Fsp3) is 0.526. The van der Waals surface area contributed by atoms with E-state index in [1.807, 2.05) is 6.92 Å². The van der Waals surface area contributed by atoms with Gasteiger partial charge in [0.25, 0.3) is 0 Å². The Morgan fingerprint density at radius 1 is 1.05 bits per heavy atom. The highest BCUT2D eigenvalue weighted by atomic mass is 16.5. The molecule has 2 aromatic rings. The number of hydrogen-bond acceptors (Lipinski definition) is 2. The lowest BCUT2D eigenvalue weighted by Gasteiger charge is -2.31. The zero-order valence-electron chi connectivity index (χ0n) is 13.3. The van der Waals surface area contributed by atoms with E-state index in [-0.39, 0.29) is 0 Å². The molecule has 0 bridgehead atoms. The maximum Gasteiger partial charge on any atom is 0.120 e. The lowest BCUT2D eigenvalue weighted by molar-refractivity contribution is 0.117. The van der Waals surface area contributed by atoms with E-state index in [2.05, 4.69) is 49.2 Å². The van der Waals surface area contributed by atoms with E-state index in [9.17, 15) is 0 Å². The van der Waals surface area contributed by atoms with E-state index in [1.165, 1.54) is 25.7 Å². The zero-order valence-corrected chi connectivity index (χ0v) is 13.3. The molecular weight excluding hydrogens is 258 g/mol. The Bertz CT molecular complexity index is 612. The lowest BCUT2D eigenvalue weighted by atomic mass is 9.80. The van der Waals surface area contributed by atoms with Gasteiger partial charge in [0.1, 0.15) is 5.75 Å². The third kappa shape index (κ3) is 3.37. The molecule has 2 heteroatoms. The molecule has 21 heavy (non-hydrogen) atoms. The molecule has 1 aromatic heterocycles. The maximum absolute atomic E-state index is 6.19. The number of pyridine rings is 1.